The summed E-state index contributed by atoms with van der Waals surface area (Å²) in [5, 5.41) is 9.61. The maximum Gasteiger partial charge on any atom is 0.262 e. The number of carbonyl (C=O) groups is 2. The zero-order valence-electron chi connectivity index (χ0n) is 10.7. The predicted octanol–water partition coefficient (Wildman–Crippen LogP) is 2.02. The summed E-state index contributed by atoms with van der Waals surface area (Å²) in [5.41, 5.74) is 1.53. The molecule has 2 amide bonds. The van der Waals surface area contributed by atoms with E-state index in [2.05, 4.69) is 0 Å². The smallest absolute Gasteiger partial charge is 0.262 e. The van der Waals surface area contributed by atoms with E-state index in [9.17, 15) is 14.7 Å². The minimum absolute atomic E-state index is 0.296. The fourth-order valence-electron chi connectivity index (χ4n) is 2.50. The summed E-state index contributed by atoms with van der Waals surface area (Å²) in [6.07, 6.45) is 0. The van der Waals surface area contributed by atoms with Gasteiger partial charge in [-0.05, 0) is 17.7 Å². The summed E-state index contributed by atoms with van der Waals surface area (Å²) in [5.74, 6) is -0.706. The number of benzene rings is 2. The van der Waals surface area contributed by atoms with Gasteiger partial charge in [0.2, 0.25) is 0 Å². The van der Waals surface area contributed by atoms with E-state index in [4.69, 9.17) is 0 Å². The van der Waals surface area contributed by atoms with Gasteiger partial charge >= 0.3 is 0 Å². The largest absolute Gasteiger partial charge is 0.394 e. The minimum Gasteiger partial charge on any atom is -0.394 e. The van der Waals surface area contributed by atoms with Crippen LogP contribution in [0.15, 0.2) is 54.6 Å². The lowest BCUT2D eigenvalue weighted by Crippen LogP contribution is -2.36. The highest BCUT2D eigenvalue weighted by atomic mass is 16.3. The van der Waals surface area contributed by atoms with Crippen molar-refractivity contribution in [3.63, 3.8) is 0 Å². The van der Waals surface area contributed by atoms with Crippen molar-refractivity contribution in [2.45, 2.75) is 6.04 Å². The normalized spacial score (nSPS) is 15.3. The second-order valence-corrected chi connectivity index (χ2v) is 4.63. The Morgan fingerprint density at radius 3 is 1.85 bits per heavy atom. The van der Waals surface area contributed by atoms with E-state index in [-0.39, 0.29) is 18.4 Å². The molecule has 0 bridgehead atoms. The van der Waals surface area contributed by atoms with Crippen molar-refractivity contribution in [3.8, 4) is 0 Å². The van der Waals surface area contributed by atoms with Crippen molar-refractivity contribution < 1.29 is 14.7 Å². The van der Waals surface area contributed by atoms with Gasteiger partial charge < -0.3 is 5.11 Å². The van der Waals surface area contributed by atoms with E-state index in [0.29, 0.717) is 11.1 Å². The Labute approximate surface area is 116 Å². The number of nitrogens with zero attached hydrogens (tertiary/aromatic N) is 1. The first-order valence-corrected chi connectivity index (χ1v) is 6.36. The van der Waals surface area contributed by atoms with Crippen LogP contribution < -0.4 is 0 Å². The van der Waals surface area contributed by atoms with E-state index in [1.807, 2.05) is 18.2 Å². The molecule has 1 heterocycles. The van der Waals surface area contributed by atoms with Gasteiger partial charge in [-0.25, -0.2) is 0 Å². The Kier molecular flexibility index (Phi) is 3.08. The highest BCUT2D eigenvalue weighted by Gasteiger charge is 2.39. The summed E-state index contributed by atoms with van der Waals surface area (Å²) in [4.78, 5) is 25.9. The zero-order valence-corrected chi connectivity index (χ0v) is 10.7. The number of amides is 2. The van der Waals surface area contributed by atoms with E-state index < -0.39 is 6.04 Å². The SMILES string of the molecule is O=C1c2ccccc2C(=O)N1C(CO)c1ccccc1. The molecule has 4 heteroatoms. The lowest BCUT2D eigenvalue weighted by molar-refractivity contribution is 0.0514. The number of imide groups is 1. The molecular formula is C16H13NO3. The molecule has 1 aliphatic heterocycles. The molecular weight excluding hydrogens is 254 g/mol. The van der Waals surface area contributed by atoms with E-state index in [1.54, 1.807) is 36.4 Å². The van der Waals surface area contributed by atoms with Gasteiger partial charge in [-0.1, -0.05) is 42.5 Å². The van der Waals surface area contributed by atoms with Gasteiger partial charge in [0.15, 0.2) is 0 Å². The molecule has 1 N–H and O–H groups in total. The van der Waals surface area contributed by atoms with Crippen LogP contribution in [-0.4, -0.2) is 28.4 Å². The first-order valence-electron chi connectivity index (χ1n) is 6.36. The van der Waals surface area contributed by atoms with Crippen LogP contribution in [0.4, 0.5) is 0 Å². The van der Waals surface area contributed by atoms with Crippen molar-refractivity contribution in [3.05, 3.63) is 71.3 Å². The second kappa shape index (κ2) is 4.90. The molecule has 0 fully saturated rings. The monoisotopic (exact) mass is 267 g/mol. The molecule has 1 aliphatic rings. The predicted molar refractivity (Wildman–Crippen MR) is 73.2 cm³/mol. The number of aliphatic hydroxyl groups is 1. The van der Waals surface area contributed by atoms with E-state index in [1.165, 1.54) is 0 Å². The van der Waals surface area contributed by atoms with Crippen molar-refractivity contribution in [1.82, 2.24) is 4.90 Å². The maximum atomic E-state index is 12.4. The van der Waals surface area contributed by atoms with Crippen LogP contribution in [-0.2, 0) is 0 Å². The van der Waals surface area contributed by atoms with Crippen LogP contribution in [0.25, 0.3) is 0 Å². The van der Waals surface area contributed by atoms with Crippen molar-refractivity contribution in [2.24, 2.45) is 0 Å². The first-order chi connectivity index (χ1) is 9.74. The van der Waals surface area contributed by atoms with Crippen molar-refractivity contribution in [1.29, 1.82) is 0 Å². The molecule has 0 aromatic heterocycles. The molecule has 0 saturated carbocycles. The van der Waals surface area contributed by atoms with Crippen LogP contribution in [0.1, 0.15) is 32.3 Å². The minimum atomic E-state index is -0.649. The van der Waals surface area contributed by atoms with Gasteiger partial charge in [0, 0.05) is 0 Å². The Hall–Kier alpha value is -2.46. The van der Waals surface area contributed by atoms with Crippen molar-refractivity contribution >= 4 is 11.8 Å². The molecule has 3 rings (SSSR count). The lowest BCUT2D eigenvalue weighted by atomic mass is 10.1. The summed E-state index contributed by atoms with van der Waals surface area (Å²) >= 11 is 0. The molecule has 1 atom stereocenters. The molecule has 1 unspecified atom stereocenters. The van der Waals surface area contributed by atoms with Gasteiger partial charge in [0.05, 0.1) is 23.8 Å². The fourth-order valence-corrected chi connectivity index (χ4v) is 2.50. The summed E-state index contributed by atoms with van der Waals surface area (Å²) < 4.78 is 0. The Balaban J connectivity index is 2.03. The molecule has 100 valence electrons. The van der Waals surface area contributed by atoms with Gasteiger partial charge in [-0.2, -0.15) is 0 Å². The van der Waals surface area contributed by atoms with Crippen LogP contribution >= 0.6 is 0 Å². The number of carbonyl (C=O) groups excluding carboxylic acids is 2. The van der Waals surface area contributed by atoms with Gasteiger partial charge in [-0.3, -0.25) is 14.5 Å². The average Bonchev–Trinajstić information content (AvgIpc) is 2.75. The molecule has 4 nitrogen and oxygen atoms in total. The van der Waals surface area contributed by atoms with E-state index in [0.717, 1.165) is 10.5 Å². The third-order valence-electron chi connectivity index (χ3n) is 3.49. The summed E-state index contributed by atoms with van der Waals surface area (Å²) in [6, 6.07) is 15.1. The maximum absolute atomic E-state index is 12.4. The Morgan fingerprint density at radius 1 is 0.850 bits per heavy atom. The van der Waals surface area contributed by atoms with E-state index >= 15 is 0 Å². The highest BCUT2D eigenvalue weighted by molar-refractivity contribution is 6.21. The third kappa shape index (κ3) is 1.82. The fraction of sp³-hybridized carbons (Fsp3) is 0.125. The number of rotatable bonds is 3. The van der Waals surface area contributed by atoms with Gasteiger partial charge in [-0.15, -0.1) is 0 Å². The number of hydrogen-bond acceptors (Lipinski definition) is 3. The Bertz CT molecular complexity index is 631. The highest BCUT2D eigenvalue weighted by Crippen LogP contribution is 2.30. The second-order valence-electron chi connectivity index (χ2n) is 4.63. The van der Waals surface area contributed by atoms with Gasteiger partial charge in [0.1, 0.15) is 0 Å². The lowest BCUT2D eigenvalue weighted by Gasteiger charge is -2.24. The van der Waals surface area contributed by atoms with Crippen LogP contribution in [0.2, 0.25) is 0 Å². The van der Waals surface area contributed by atoms with Crippen LogP contribution in [0, 0.1) is 0 Å². The molecule has 0 aliphatic carbocycles. The average molecular weight is 267 g/mol. The Morgan fingerprint density at radius 2 is 1.35 bits per heavy atom. The topological polar surface area (TPSA) is 57.6 Å². The molecule has 2 aromatic rings. The molecule has 2 aromatic carbocycles. The number of aliphatic hydroxyl groups excluding tert-OH is 1. The number of hydrogen-bond donors (Lipinski definition) is 1. The third-order valence-corrected chi connectivity index (χ3v) is 3.49. The summed E-state index contributed by atoms with van der Waals surface area (Å²) in [7, 11) is 0. The first kappa shape index (κ1) is 12.6. The van der Waals surface area contributed by atoms with Crippen LogP contribution in [0.3, 0.4) is 0 Å². The summed E-state index contributed by atoms with van der Waals surface area (Å²) in [6.45, 7) is -0.296. The standard InChI is InChI=1S/C16H13NO3/c18-10-14(11-6-2-1-3-7-11)17-15(19)12-8-4-5-9-13(12)16(17)20/h1-9,14,18H,10H2. The van der Waals surface area contributed by atoms with Crippen molar-refractivity contribution in [2.75, 3.05) is 6.61 Å². The molecule has 20 heavy (non-hydrogen) atoms. The van der Waals surface area contributed by atoms with Crippen LogP contribution in [0.5, 0.6) is 0 Å². The van der Waals surface area contributed by atoms with Gasteiger partial charge in [0.25, 0.3) is 11.8 Å². The zero-order chi connectivity index (χ0) is 14.1. The quantitative estimate of drug-likeness (QED) is 0.865. The molecule has 0 saturated heterocycles. The number of fused-ring (bicyclic) bond motifs is 1. The molecule has 0 spiro atoms. The molecule has 0 radical (unpaired) electrons.